The van der Waals surface area contributed by atoms with Gasteiger partial charge >= 0.3 is 6.09 Å². The van der Waals surface area contributed by atoms with Crippen LogP contribution in [0, 0.1) is 6.92 Å². The van der Waals surface area contributed by atoms with Crippen molar-refractivity contribution in [3.8, 4) is 11.3 Å². The molecule has 0 saturated heterocycles. The molecular formula is C17H23N5O2. The summed E-state index contributed by atoms with van der Waals surface area (Å²) >= 11 is 0. The molecule has 24 heavy (non-hydrogen) atoms. The maximum absolute atomic E-state index is 11.7. The van der Waals surface area contributed by atoms with E-state index in [1.54, 1.807) is 12.3 Å². The van der Waals surface area contributed by atoms with E-state index in [2.05, 4.69) is 20.8 Å². The molecule has 0 atom stereocenters. The number of aryl methyl sites for hydroxylation is 1. The molecule has 0 bridgehead atoms. The molecule has 1 aromatic carbocycles. The van der Waals surface area contributed by atoms with Crippen LogP contribution in [-0.2, 0) is 11.3 Å². The van der Waals surface area contributed by atoms with Gasteiger partial charge in [0, 0.05) is 17.3 Å². The Bertz CT molecular complexity index is 725. The average Bonchev–Trinajstić information content (AvgIpc) is 2.51. The monoisotopic (exact) mass is 329 g/mol. The van der Waals surface area contributed by atoms with Gasteiger partial charge < -0.3 is 10.5 Å². The summed E-state index contributed by atoms with van der Waals surface area (Å²) in [7, 11) is 0. The van der Waals surface area contributed by atoms with Crippen molar-refractivity contribution in [2.75, 3.05) is 5.73 Å². The number of rotatable bonds is 4. The average molecular weight is 329 g/mol. The standard InChI is InChI=1S/C17H23N5O2/c1-11-9-12(14-7-8-19-15(18)20-14)5-6-13(11)10-24-16(23)21-22-17(2,3)4/h5-9,22H,10H2,1-4H3,(H,21,23)(H2,18,19,20). The number of aromatic nitrogens is 2. The highest BCUT2D eigenvalue weighted by molar-refractivity contribution is 5.67. The second-order valence-corrected chi connectivity index (χ2v) is 6.52. The first-order valence-corrected chi connectivity index (χ1v) is 7.63. The lowest BCUT2D eigenvalue weighted by Gasteiger charge is -2.20. The van der Waals surface area contributed by atoms with E-state index in [9.17, 15) is 4.79 Å². The lowest BCUT2D eigenvalue weighted by Crippen LogP contribution is -2.48. The van der Waals surface area contributed by atoms with Crippen molar-refractivity contribution in [2.45, 2.75) is 39.8 Å². The van der Waals surface area contributed by atoms with Gasteiger partial charge in [-0.15, -0.1) is 0 Å². The molecule has 0 unspecified atom stereocenters. The van der Waals surface area contributed by atoms with Gasteiger partial charge in [-0.05, 0) is 51.0 Å². The minimum absolute atomic E-state index is 0.190. The van der Waals surface area contributed by atoms with Gasteiger partial charge in [0.1, 0.15) is 6.61 Å². The van der Waals surface area contributed by atoms with Crippen LogP contribution in [0.5, 0.6) is 0 Å². The van der Waals surface area contributed by atoms with Gasteiger partial charge in [-0.25, -0.2) is 20.2 Å². The maximum Gasteiger partial charge on any atom is 0.421 e. The number of benzene rings is 1. The largest absolute Gasteiger partial charge is 0.444 e. The van der Waals surface area contributed by atoms with E-state index in [-0.39, 0.29) is 18.1 Å². The highest BCUT2D eigenvalue weighted by Gasteiger charge is 2.12. The fourth-order valence-electron chi connectivity index (χ4n) is 1.97. The summed E-state index contributed by atoms with van der Waals surface area (Å²) in [6.45, 7) is 7.97. The predicted octanol–water partition coefficient (Wildman–Crippen LogP) is 2.56. The lowest BCUT2D eigenvalue weighted by atomic mass is 10.0. The predicted molar refractivity (Wildman–Crippen MR) is 92.8 cm³/mol. The van der Waals surface area contributed by atoms with E-state index in [0.29, 0.717) is 0 Å². The van der Waals surface area contributed by atoms with Gasteiger partial charge in [0.15, 0.2) is 0 Å². The number of carbonyl (C=O) groups excluding carboxylic acids is 1. The Morgan fingerprint density at radius 2 is 2.04 bits per heavy atom. The Labute approximate surface area is 141 Å². The fourth-order valence-corrected chi connectivity index (χ4v) is 1.97. The Kier molecular flexibility index (Phi) is 5.35. The number of anilines is 1. The Morgan fingerprint density at radius 3 is 2.67 bits per heavy atom. The van der Waals surface area contributed by atoms with Gasteiger partial charge in [-0.1, -0.05) is 12.1 Å². The zero-order valence-corrected chi connectivity index (χ0v) is 14.4. The second kappa shape index (κ2) is 7.27. The number of hydrogen-bond donors (Lipinski definition) is 3. The van der Waals surface area contributed by atoms with Crippen molar-refractivity contribution >= 4 is 12.0 Å². The van der Waals surface area contributed by atoms with Crippen molar-refractivity contribution in [2.24, 2.45) is 0 Å². The van der Waals surface area contributed by atoms with Crippen LogP contribution in [0.25, 0.3) is 11.3 Å². The first-order chi connectivity index (χ1) is 11.2. The summed E-state index contributed by atoms with van der Waals surface area (Å²) in [4.78, 5) is 19.8. The minimum atomic E-state index is -0.517. The molecule has 0 fully saturated rings. The molecule has 0 aliphatic heterocycles. The summed E-state index contributed by atoms with van der Waals surface area (Å²) in [5.41, 5.74) is 14.4. The third-order valence-electron chi connectivity index (χ3n) is 3.21. The molecule has 0 spiro atoms. The van der Waals surface area contributed by atoms with Gasteiger partial charge in [0.2, 0.25) is 5.95 Å². The zero-order chi connectivity index (χ0) is 17.7. The van der Waals surface area contributed by atoms with Crippen molar-refractivity contribution < 1.29 is 9.53 Å². The first-order valence-electron chi connectivity index (χ1n) is 7.63. The number of hydrazine groups is 1. The number of carbonyl (C=O) groups is 1. The number of nitrogen functional groups attached to an aromatic ring is 1. The van der Waals surface area contributed by atoms with E-state index in [1.807, 2.05) is 45.9 Å². The van der Waals surface area contributed by atoms with Crippen LogP contribution in [0.1, 0.15) is 31.9 Å². The molecular weight excluding hydrogens is 306 g/mol. The minimum Gasteiger partial charge on any atom is -0.444 e. The van der Waals surface area contributed by atoms with Crippen molar-refractivity contribution in [3.63, 3.8) is 0 Å². The van der Waals surface area contributed by atoms with Crippen LogP contribution in [0.3, 0.4) is 0 Å². The van der Waals surface area contributed by atoms with Crippen molar-refractivity contribution in [1.29, 1.82) is 0 Å². The third-order valence-corrected chi connectivity index (χ3v) is 3.21. The summed E-state index contributed by atoms with van der Waals surface area (Å²) in [5.74, 6) is 0.237. The molecule has 1 heterocycles. The molecule has 0 radical (unpaired) electrons. The highest BCUT2D eigenvalue weighted by Crippen LogP contribution is 2.21. The highest BCUT2D eigenvalue weighted by atomic mass is 16.6. The lowest BCUT2D eigenvalue weighted by molar-refractivity contribution is 0.129. The second-order valence-electron chi connectivity index (χ2n) is 6.52. The van der Waals surface area contributed by atoms with Crippen molar-refractivity contribution in [3.05, 3.63) is 41.6 Å². The maximum atomic E-state index is 11.7. The summed E-state index contributed by atoms with van der Waals surface area (Å²) in [5, 5.41) is 0. The van der Waals surface area contributed by atoms with Crippen LogP contribution in [-0.4, -0.2) is 21.6 Å². The molecule has 0 aliphatic carbocycles. The van der Waals surface area contributed by atoms with Crippen LogP contribution in [0.2, 0.25) is 0 Å². The van der Waals surface area contributed by atoms with Gasteiger partial charge in [0.05, 0.1) is 5.69 Å². The van der Waals surface area contributed by atoms with Gasteiger partial charge in [0.25, 0.3) is 0 Å². The number of nitrogens with two attached hydrogens (primary N) is 1. The number of hydrogen-bond acceptors (Lipinski definition) is 6. The van der Waals surface area contributed by atoms with Crippen molar-refractivity contribution in [1.82, 2.24) is 20.8 Å². The van der Waals surface area contributed by atoms with Crippen LogP contribution in [0.4, 0.5) is 10.7 Å². The van der Waals surface area contributed by atoms with E-state index < -0.39 is 6.09 Å². The molecule has 4 N–H and O–H groups in total. The fraction of sp³-hybridized carbons (Fsp3) is 0.353. The number of nitrogens with one attached hydrogen (secondary N) is 2. The zero-order valence-electron chi connectivity index (χ0n) is 14.4. The number of nitrogens with zero attached hydrogens (tertiary/aromatic N) is 2. The molecule has 2 rings (SSSR count). The van der Waals surface area contributed by atoms with E-state index in [0.717, 1.165) is 22.4 Å². The number of amides is 1. The molecule has 1 aromatic heterocycles. The smallest absolute Gasteiger partial charge is 0.421 e. The number of ether oxygens (including phenoxy) is 1. The first kappa shape index (κ1) is 17.7. The van der Waals surface area contributed by atoms with Crippen LogP contribution >= 0.6 is 0 Å². The molecule has 7 nitrogen and oxygen atoms in total. The topological polar surface area (TPSA) is 102 Å². The summed E-state index contributed by atoms with van der Waals surface area (Å²) in [6, 6.07) is 7.60. The van der Waals surface area contributed by atoms with Gasteiger partial charge in [-0.2, -0.15) is 0 Å². The molecule has 128 valence electrons. The Morgan fingerprint density at radius 1 is 1.29 bits per heavy atom. The van der Waals surface area contributed by atoms with E-state index in [4.69, 9.17) is 10.5 Å². The van der Waals surface area contributed by atoms with Crippen LogP contribution in [0.15, 0.2) is 30.5 Å². The Balaban J connectivity index is 1.99. The molecule has 2 aromatic rings. The van der Waals surface area contributed by atoms with E-state index >= 15 is 0 Å². The van der Waals surface area contributed by atoms with Crippen LogP contribution < -0.4 is 16.6 Å². The molecule has 1 amide bonds. The molecule has 0 saturated carbocycles. The molecule has 7 heteroatoms. The SMILES string of the molecule is Cc1cc(-c2ccnc(N)n2)ccc1COC(=O)NNC(C)(C)C. The summed E-state index contributed by atoms with van der Waals surface area (Å²) in [6.07, 6.45) is 1.10. The van der Waals surface area contributed by atoms with Gasteiger partial charge in [-0.3, -0.25) is 5.43 Å². The normalized spacial score (nSPS) is 11.2. The summed E-state index contributed by atoms with van der Waals surface area (Å²) < 4.78 is 5.21. The Hall–Kier alpha value is -2.67. The quantitative estimate of drug-likeness (QED) is 0.745. The van der Waals surface area contributed by atoms with E-state index in [1.165, 1.54) is 0 Å². The third kappa shape index (κ3) is 5.20. The molecule has 0 aliphatic rings.